The van der Waals surface area contributed by atoms with E-state index in [2.05, 4.69) is 20.2 Å². The first-order valence-corrected chi connectivity index (χ1v) is 8.96. The number of furan rings is 1. The second kappa shape index (κ2) is 7.13. The number of piperazine rings is 1. The van der Waals surface area contributed by atoms with Crippen LogP contribution in [0.3, 0.4) is 0 Å². The Bertz CT molecular complexity index is 704. The molecule has 4 rings (SSSR count). The number of aromatic nitrogens is 2. The quantitative estimate of drug-likeness (QED) is 0.920. The highest BCUT2D eigenvalue weighted by Gasteiger charge is 2.24. The van der Waals surface area contributed by atoms with Gasteiger partial charge in [0.15, 0.2) is 5.76 Å². The van der Waals surface area contributed by atoms with Gasteiger partial charge in [-0.05, 0) is 25.0 Å². The number of hydrogen-bond acceptors (Lipinski definition) is 6. The van der Waals surface area contributed by atoms with Crippen LogP contribution in [-0.2, 0) is 0 Å². The molecule has 2 aliphatic rings. The maximum atomic E-state index is 12.3. The van der Waals surface area contributed by atoms with E-state index < -0.39 is 0 Å². The van der Waals surface area contributed by atoms with E-state index in [1.165, 1.54) is 31.9 Å². The van der Waals surface area contributed by atoms with Gasteiger partial charge in [0.05, 0.1) is 6.26 Å². The van der Waals surface area contributed by atoms with Crippen molar-refractivity contribution in [3.63, 3.8) is 0 Å². The Kier molecular flexibility index (Phi) is 4.54. The van der Waals surface area contributed by atoms with Crippen LogP contribution in [0.25, 0.3) is 0 Å². The van der Waals surface area contributed by atoms with Gasteiger partial charge in [0.2, 0.25) is 0 Å². The molecule has 0 aromatic carbocycles. The molecule has 2 fully saturated rings. The summed E-state index contributed by atoms with van der Waals surface area (Å²) in [5.74, 6) is 2.17. The second-order valence-electron chi connectivity index (χ2n) is 6.64. The van der Waals surface area contributed by atoms with E-state index in [0.717, 1.165) is 24.7 Å². The van der Waals surface area contributed by atoms with Gasteiger partial charge in [-0.2, -0.15) is 0 Å². The number of nitrogens with zero attached hydrogens (tertiary/aromatic N) is 4. The van der Waals surface area contributed by atoms with Crippen molar-refractivity contribution >= 4 is 17.5 Å². The van der Waals surface area contributed by atoms with E-state index in [4.69, 9.17) is 4.42 Å². The molecule has 1 aliphatic carbocycles. The molecular weight excluding hydrogens is 318 g/mol. The van der Waals surface area contributed by atoms with Crippen molar-refractivity contribution in [3.8, 4) is 0 Å². The summed E-state index contributed by atoms with van der Waals surface area (Å²) in [4.78, 5) is 25.1. The minimum absolute atomic E-state index is 0.0454. The van der Waals surface area contributed by atoms with Crippen LogP contribution in [0, 0.1) is 0 Å². The summed E-state index contributed by atoms with van der Waals surface area (Å²) in [6.45, 7) is 2.84. The standard InChI is InChI=1S/C18H23N5O2/c24-18(15-6-3-11-25-15)23-9-7-22(8-10-23)17-12-16(19-13-20-17)21-14-4-1-2-5-14/h3,6,11-14H,1-2,4-5,7-10H2,(H,19,20,21). The summed E-state index contributed by atoms with van der Waals surface area (Å²) in [6.07, 6.45) is 8.17. The number of anilines is 2. The number of amides is 1. The zero-order valence-electron chi connectivity index (χ0n) is 14.2. The van der Waals surface area contributed by atoms with Gasteiger partial charge in [-0.25, -0.2) is 9.97 Å². The molecule has 7 heteroatoms. The van der Waals surface area contributed by atoms with Gasteiger partial charge in [0, 0.05) is 38.3 Å². The number of carbonyl (C=O) groups is 1. The molecule has 1 aliphatic heterocycles. The highest BCUT2D eigenvalue weighted by Crippen LogP contribution is 2.23. The van der Waals surface area contributed by atoms with Gasteiger partial charge in [0.25, 0.3) is 5.91 Å². The topological polar surface area (TPSA) is 74.5 Å². The summed E-state index contributed by atoms with van der Waals surface area (Å²) in [6, 6.07) is 6.00. The minimum Gasteiger partial charge on any atom is -0.459 e. The molecule has 0 bridgehead atoms. The lowest BCUT2D eigenvalue weighted by molar-refractivity contribution is 0.0714. The maximum Gasteiger partial charge on any atom is 0.289 e. The zero-order chi connectivity index (χ0) is 17.1. The molecular formula is C18H23N5O2. The third-order valence-corrected chi connectivity index (χ3v) is 4.98. The van der Waals surface area contributed by atoms with Crippen molar-refractivity contribution in [1.82, 2.24) is 14.9 Å². The highest BCUT2D eigenvalue weighted by atomic mass is 16.3. The van der Waals surface area contributed by atoms with Gasteiger partial charge in [0.1, 0.15) is 18.0 Å². The molecule has 1 amide bonds. The van der Waals surface area contributed by atoms with Crippen LogP contribution in [-0.4, -0.2) is 53.0 Å². The van der Waals surface area contributed by atoms with Crippen molar-refractivity contribution < 1.29 is 9.21 Å². The van der Waals surface area contributed by atoms with Gasteiger partial charge in [-0.1, -0.05) is 12.8 Å². The Morgan fingerprint density at radius 2 is 1.96 bits per heavy atom. The van der Waals surface area contributed by atoms with Gasteiger partial charge < -0.3 is 19.5 Å². The summed E-state index contributed by atoms with van der Waals surface area (Å²) in [5.41, 5.74) is 0. The Hall–Kier alpha value is -2.57. The van der Waals surface area contributed by atoms with Crippen molar-refractivity contribution in [3.05, 3.63) is 36.5 Å². The summed E-state index contributed by atoms with van der Waals surface area (Å²) in [5, 5.41) is 3.51. The number of carbonyl (C=O) groups excluding carboxylic acids is 1. The molecule has 132 valence electrons. The molecule has 0 atom stereocenters. The van der Waals surface area contributed by atoms with E-state index in [1.54, 1.807) is 18.5 Å². The van der Waals surface area contributed by atoms with Crippen molar-refractivity contribution in [2.24, 2.45) is 0 Å². The molecule has 0 spiro atoms. The molecule has 2 aromatic rings. The van der Waals surface area contributed by atoms with Crippen LogP contribution < -0.4 is 10.2 Å². The van der Waals surface area contributed by atoms with Gasteiger partial charge in [-0.3, -0.25) is 4.79 Å². The fourth-order valence-corrected chi connectivity index (χ4v) is 3.57. The van der Waals surface area contributed by atoms with E-state index >= 15 is 0 Å². The predicted molar refractivity (Wildman–Crippen MR) is 94.7 cm³/mol. The Morgan fingerprint density at radius 1 is 1.16 bits per heavy atom. The minimum atomic E-state index is -0.0454. The molecule has 25 heavy (non-hydrogen) atoms. The average molecular weight is 341 g/mol. The van der Waals surface area contributed by atoms with Crippen LogP contribution >= 0.6 is 0 Å². The van der Waals surface area contributed by atoms with E-state index in [0.29, 0.717) is 24.9 Å². The van der Waals surface area contributed by atoms with Crippen molar-refractivity contribution in [2.75, 3.05) is 36.4 Å². The summed E-state index contributed by atoms with van der Waals surface area (Å²) < 4.78 is 5.21. The molecule has 1 N–H and O–H groups in total. The third-order valence-electron chi connectivity index (χ3n) is 4.98. The van der Waals surface area contributed by atoms with Gasteiger partial charge in [-0.15, -0.1) is 0 Å². The molecule has 2 aromatic heterocycles. The molecule has 3 heterocycles. The second-order valence-corrected chi connectivity index (χ2v) is 6.64. The number of rotatable bonds is 4. The zero-order valence-corrected chi connectivity index (χ0v) is 14.2. The fourth-order valence-electron chi connectivity index (χ4n) is 3.57. The maximum absolute atomic E-state index is 12.3. The fraction of sp³-hybridized carbons (Fsp3) is 0.500. The third kappa shape index (κ3) is 3.60. The Balaban J connectivity index is 1.36. The van der Waals surface area contributed by atoms with Crippen molar-refractivity contribution in [2.45, 2.75) is 31.7 Å². The lowest BCUT2D eigenvalue weighted by Crippen LogP contribution is -2.49. The molecule has 0 radical (unpaired) electrons. The first-order chi connectivity index (χ1) is 12.3. The van der Waals surface area contributed by atoms with Crippen molar-refractivity contribution in [1.29, 1.82) is 0 Å². The average Bonchev–Trinajstić information content (AvgIpc) is 3.35. The van der Waals surface area contributed by atoms with Crippen LogP contribution in [0.2, 0.25) is 0 Å². The largest absolute Gasteiger partial charge is 0.459 e. The lowest BCUT2D eigenvalue weighted by Gasteiger charge is -2.35. The van der Waals surface area contributed by atoms with E-state index in [9.17, 15) is 4.79 Å². The molecule has 1 saturated carbocycles. The molecule has 1 saturated heterocycles. The predicted octanol–water partition coefficient (Wildman–Crippen LogP) is 2.39. The van der Waals surface area contributed by atoms with Crippen LogP contribution in [0.15, 0.2) is 35.2 Å². The van der Waals surface area contributed by atoms with Crippen LogP contribution in [0.1, 0.15) is 36.2 Å². The highest BCUT2D eigenvalue weighted by molar-refractivity contribution is 5.91. The Labute approximate surface area is 147 Å². The SMILES string of the molecule is O=C(c1ccco1)N1CCN(c2cc(NC3CCCC3)ncn2)CC1. The first-order valence-electron chi connectivity index (χ1n) is 8.96. The lowest BCUT2D eigenvalue weighted by atomic mass is 10.2. The van der Waals surface area contributed by atoms with Crippen LogP contribution in [0.4, 0.5) is 11.6 Å². The first kappa shape index (κ1) is 15.9. The summed E-state index contributed by atoms with van der Waals surface area (Å²) >= 11 is 0. The van der Waals surface area contributed by atoms with Gasteiger partial charge >= 0.3 is 0 Å². The molecule has 7 nitrogen and oxygen atoms in total. The van der Waals surface area contributed by atoms with Crippen LogP contribution in [0.5, 0.6) is 0 Å². The summed E-state index contributed by atoms with van der Waals surface area (Å²) in [7, 11) is 0. The van der Waals surface area contributed by atoms with E-state index in [-0.39, 0.29) is 5.91 Å². The monoisotopic (exact) mass is 341 g/mol. The van der Waals surface area contributed by atoms with E-state index in [1.807, 2.05) is 11.0 Å². The smallest absolute Gasteiger partial charge is 0.289 e. The number of nitrogens with one attached hydrogen (secondary N) is 1. The number of hydrogen-bond donors (Lipinski definition) is 1. The Morgan fingerprint density at radius 3 is 2.68 bits per heavy atom. The molecule has 0 unspecified atom stereocenters. The normalized spacial score (nSPS) is 18.6.